The van der Waals surface area contributed by atoms with Gasteiger partial charge in [-0.2, -0.15) is 0 Å². The molecule has 1 rings (SSSR count). The Kier molecular flexibility index (Phi) is 5.94. The maximum atomic E-state index is 10.6. The lowest BCUT2D eigenvalue weighted by atomic mass is 9.80. The van der Waals surface area contributed by atoms with E-state index in [-0.39, 0.29) is 0 Å². The highest BCUT2D eigenvalue weighted by molar-refractivity contribution is 5.03. The fourth-order valence-electron chi connectivity index (χ4n) is 3.20. The quantitative estimate of drug-likeness (QED) is 0.636. The second-order valence-electron chi connectivity index (χ2n) is 5.79. The summed E-state index contributed by atoms with van der Waals surface area (Å²) in [6.07, 6.45) is 11.4. The molecule has 2 nitrogen and oxygen atoms in total. The second-order valence-corrected chi connectivity index (χ2v) is 5.79. The van der Waals surface area contributed by atoms with Crippen molar-refractivity contribution in [3.63, 3.8) is 0 Å². The van der Waals surface area contributed by atoms with Gasteiger partial charge in [0.15, 0.2) is 0 Å². The molecular weight excluding hydrogens is 212 g/mol. The highest BCUT2D eigenvalue weighted by Crippen LogP contribution is 2.44. The molecule has 0 radical (unpaired) electrons. The normalized spacial score (nSPS) is 33.2. The molecule has 2 atom stereocenters. The van der Waals surface area contributed by atoms with Gasteiger partial charge in [0.25, 0.3) is 0 Å². The first-order valence-corrected chi connectivity index (χ1v) is 7.53. The Morgan fingerprint density at radius 3 is 2.06 bits per heavy atom. The molecule has 0 spiro atoms. The predicted octanol–water partition coefficient (Wildman–Crippen LogP) is 3.79. The smallest absolute Gasteiger partial charge is 0.0933 e. The van der Waals surface area contributed by atoms with Crippen LogP contribution in [0.15, 0.2) is 0 Å². The average Bonchev–Trinajstić information content (AvgIpc) is 2.61. The van der Waals surface area contributed by atoms with Crippen LogP contribution in [0.4, 0.5) is 0 Å². The van der Waals surface area contributed by atoms with Gasteiger partial charge in [0.1, 0.15) is 0 Å². The Balaban J connectivity index is 2.25. The summed E-state index contributed by atoms with van der Waals surface area (Å²) >= 11 is 0. The van der Waals surface area contributed by atoms with E-state index >= 15 is 0 Å². The molecule has 102 valence electrons. The average molecular weight is 242 g/mol. The summed E-state index contributed by atoms with van der Waals surface area (Å²) < 4.78 is 0. The Morgan fingerprint density at radius 2 is 1.41 bits per heavy atom. The first-order valence-electron chi connectivity index (χ1n) is 7.53. The van der Waals surface area contributed by atoms with E-state index in [9.17, 15) is 10.2 Å². The van der Waals surface area contributed by atoms with Crippen LogP contribution in [0, 0.1) is 0 Å². The number of hydrogen-bond donors (Lipinski definition) is 2. The monoisotopic (exact) mass is 242 g/mol. The predicted molar refractivity (Wildman–Crippen MR) is 72.0 cm³/mol. The molecule has 2 heteroatoms. The van der Waals surface area contributed by atoms with Crippen molar-refractivity contribution in [2.24, 2.45) is 0 Å². The molecule has 1 aliphatic carbocycles. The molecule has 1 fully saturated rings. The van der Waals surface area contributed by atoms with Crippen molar-refractivity contribution in [3.8, 4) is 0 Å². The first kappa shape index (κ1) is 15.0. The van der Waals surface area contributed by atoms with Gasteiger partial charge in [-0.15, -0.1) is 0 Å². The molecule has 0 amide bonds. The second kappa shape index (κ2) is 6.75. The largest absolute Gasteiger partial charge is 0.387 e. The summed E-state index contributed by atoms with van der Waals surface area (Å²) in [5.74, 6) is 0. The fraction of sp³-hybridized carbons (Fsp3) is 1.00. The third-order valence-electron chi connectivity index (χ3n) is 4.58. The molecule has 0 heterocycles. The molecule has 0 bridgehead atoms. The minimum atomic E-state index is -0.809. The van der Waals surface area contributed by atoms with E-state index in [4.69, 9.17) is 0 Å². The molecule has 0 saturated heterocycles. The van der Waals surface area contributed by atoms with E-state index in [2.05, 4.69) is 6.92 Å². The minimum absolute atomic E-state index is 0.680. The van der Waals surface area contributed by atoms with E-state index in [1.165, 1.54) is 32.1 Å². The van der Waals surface area contributed by atoms with Crippen molar-refractivity contribution >= 4 is 0 Å². The lowest BCUT2D eigenvalue weighted by Gasteiger charge is -2.37. The molecular formula is C15H30O2. The van der Waals surface area contributed by atoms with Crippen LogP contribution >= 0.6 is 0 Å². The zero-order valence-electron chi connectivity index (χ0n) is 11.7. The zero-order chi connectivity index (χ0) is 12.8. The van der Waals surface area contributed by atoms with Crippen LogP contribution in [0.3, 0.4) is 0 Å². The first-order chi connectivity index (χ1) is 8.08. The van der Waals surface area contributed by atoms with Crippen LogP contribution in [0.25, 0.3) is 0 Å². The number of unbranched alkanes of at least 4 members (excludes halogenated alkanes) is 5. The van der Waals surface area contributed by atoms with Gasteiger partial charge in [-0.05, 0) is 32.1 Å². The Morgan fingerprint density at radius 1 is 0.824 bits per heavy atom. The van der Waals surface area contributed by atoms with Crippen LogP contribution in [-0.2, 0) is 0 Å². The van der Waals surface area contributed by atoms with Crippen molar-refractivity contribution in [1.82, 2.24) is 0 Å². The molecule has 17 heavy (non-hydrogen) atoms. The van der Waals surface area contributed by atoms with E-state index in [0.29, 0.717) is 6.42 Å². The van der Waals surface area contributed by atoms with Gasteiger partial charge in [-0.25, -0.2) is 0 Å². The molecule has 0 aromatic carbocycles. The van der Waals surface area contributed by atoms with Crippen molar-refractivity contribution in [2.75, 3.05) is 0 Å². The SMILES string of the molecule is CCCCCCCCC1(O)CCCC1(O)CC. The summed E-state index contributed by atoms with van der Waals surface area (Å²) in [6, 6.07) is 0. The van der Waals surface area contributed by atoms with Gasteiger partial charge in [-0.1, -0.05) is 52.4 Å². The molecule has 2 unspecified atom stereocenters. The van der Waals surface area contributed by atoms with E-state index in [1.807, 2.05) is 6.92 Å². The maximum Gasteiger partial charge on any atom is 0.0933 e. The van der Waals surface area contributed by atoms with Gasteiger partial charge in [0.2, 0.25) is 0 Å². The van der Waals surface area contributed by atoms with Gasteiger partial charge < -0.3 is 10.2 Å². The van der Waals surface area contributed by atoms with Gasteiger partial charge in [0, 0.05) is 0 Å². The summed E-state index contributed by atoms with van der Waals surface area (Å²) in [5.41, 5.74) is -1.61. The number of aliphatic hydroxyl groups is 2. The molecule has 1 aliphatic rings. The van der Waals surface area contributed by atoms with Crippen molar-refractivity contribution in [1.29, 1.82) is 0 Å². The van der Waals surface area contributed by atoms with Gasteiger partial charge >= 0.3 is 0 Å². The van der Waals surface area contributed by atoms with Gasteiger partial charge in [0.05, 0.1) is 11.2 Å². The van der Waals surface area contributed by atoms with Crippen molar-refractivity contribution < 1.29 is 10.2 Å². The highest BCUT2D eigenvalue weighted by atomic mass is 16.4. The molecule has 0 aromatic heterocycles. The molecule has 0 aliphatic heterocycles. The molecule has 2 N–H and O–H groups in total. The summed E-state index contributed by atoms with van der Waals surface area (Å²) in [7, 11) is 0. The van der Waals surface area contributed by atoms with Crippen LogP contribution in [0.1, 0.15) is 84.5 Å². The summed E-state index contributed by atoms with van der Waals surface area (Å²) in [5, 5.41) is 21.0. The van der Waals surface area contributed by atoms with Crippen LogP contribution in [0.5, 0.6) is 0 Å². The zero-order valence-corrected chi connectivity index (χ0v) is 11.7. The van der Waals surface area contributed by atoms with Gasteiger partial charge in [-0.3, -0.25) is 0 Å². The van der Waals surface area contributed by atoms with E-state index < -0.39 is 11.2 Å². The Bertz CT molecular complexity index is 217. The molecule has 1 saturated carbocycles. The highest BCUT2D eigenvalue weighted by Gasteiger charge is 2.50. The third-order valence-corrected chi connectivity index (χ3v) is 4.58. The lowest BCUT2D eigenvalue weighted by Crippen LogP contribution is -2.49. The van der Waals surface area contributed by atoms with Crippen LogP contribution in [-0.4, -0.2) is 21.4 Å². The Hall–Kier alpha value is -0.0800. The lowest BCUT2D eigenvalue weighted by molar-refractivity contribution is -0.137. The van der Waals surface area contributed by atoms with Crippen molar-refractivity contribution in [3.05, 3.63) is 0 Å². The topological polar surface area (TPSA) is 40.5 Å². The van der Waals surface area contributed by atoms with E-state index in [0.717, 1.165) is 32.1 Å². The maximum absolute atomic E-state index is 10.6. The standard InChI is InChI=1S/C15H30O2/c1-3-5-6-7-8-9-11-15(17)13-10-12-14(15,16)4-2/h16-17H,3-13H2,1-2H3. The Labute approximate surface area is 106 Å². The van der Waals surface area contributed by atoms with E-state index in [1.54, 1.807) is 0 Å². The fourth-order valence-corrected chi connectivity index (χ4v) is 3.20. The number of hydrogen-bond acceptors (Lipinski definition) is 2. The van der Waals surface area contributed by atoms with Crippen LogP contribution in [0.2, 0.25) is 0 Å². The summed E-state index contributed by atoms with van der Waals surface area (Å²) in [6.45, 7) is 4.21. The molecule has 0 aromatic rings. The van der Waals surface area contributed by atoms with Crippen LogP contribution < -0.4 is 0 Å². The third kappa shape index (κ3) is 3.69. The van der Waals surface area contributed by atoms with Crippen molar-refractivity contribution in [2.45, 2.75) is 95.7 Å². The number of rotatable bonds is 8. The summed E-state index contributed by atoms with van der Waals surface area (Å²) in [4.78, 5) is 0. The minimum Gasteiger partial charge on any atom is -0.387 e.